The summed E-state index contributed by atoms with van der Waals surface area (Å²) in [4.78, 5) is 22.1. The maximum absolute atomic E-state index is 11.2. The average Bonchev–Trinajstić information content (AvgIpc) is 2.92. The summed E-state index contributed by atoms with van der Waals surface area (Å²) in [6.45, 7) is 3.75. The van der Waals surface area contributed by atoms with Gasteiger partial charge in [0, 0.05) is 6.08 Å². The second kappa shape index (κ2) is 14.7. The molecule has 0 saturated carbocycles. The van der Waals surface area contributed by atoms with Gasteiger partial charge in [-0.05, 0) is 25.7 Å². The quantitative estimate of drug-likeness (QED) is 0.145. The zero-order valence-electron chi connectivity index (χ0n) is 15.6. The van der Waals surface area contributed by atoms with Crippen LogP contribution in [0.2, 0.25) is 0 Å². The monoisotopic (exact) mass is 346 g/mol. The summed E-state index contributed by atoms with van der Waals surface area (Å²) in [6.07, 6.45) is 25.0. The molecule has 0 saturated heterocycles. The second-order valence-electron chi connectivity index (χ2n) is 6.82. The number of carbonyl (C=O) groups is 2. The Bertz CT molecular complexity index is 460. The third-order valence-corrected chi connectivity index (χ3v) is 4.53. The first-order valence-corrected chi connectivity index (χ1v) is 9.99. The Kier molecular flexibility index (Phi) is 12.6. The first-order valence-electron chi connectivity index (χ1n) is 9.99. The number of hydrogen-bond acceptors (Lipinski definition) is 3. The number of cyclic esters (lactones) is 2. The molecule has 3 nitrogen and oxygen atoms in total. The molecule has 0 aromatic heterocycles. The molecular weight excluding hydrogens is 312 g/mol. The van der Waals surface area contributed by atoms with Crippen LogP contribution in [0.25, 0.3) is 0 Å². The van der Waals surface area contributed by atoms with Gasteiger partial charge in [-0.2, -0.15) is 0 Å². The van der Waals surface area contributed by atoms with E-state index in [1.54, 1.807) is 6.08 Å². The van der Waals surface area contributed by atoms with Crippen molar-refractivity contribution in [3.8, 4) is 0 Å². The largest absolute Gasteiger partial charge is 0.386 e. The van der Waals surface area contributed by atoms with Gasteiger partial charge in [-0.1, -0.05) is 82.4 Å². The van der Waals surface area contributed by atoms with E-state index in [-0.39, 0.29) is 0 Å². The fourth-order valence-electron chi connectivity index (χ4n) is 3.01. The highest BCUT2D eigenvalue weighted by Crippen LogP contribution is 2.14. The summed E-state index contributed by atoms with van der Waals surface area (Å²) < 4.78 is 4.43. The molecule has 0 atom stereocenters. The van der Waals surface area contributed by atoms with E-state index in [1.165, 1.54) is 83.1 Å². The molecule has 140 valence electrons. The molecule has 0 aromatic carbocycles. The Balaban J connectivity index is 1.80. The topological polar surface area (TPSA) is 43.4 Å². The van der Waals surface area contributed by atoms with Gasteiger partial charge in [-0.15, -0.1) is 6.58 Å². The summed E-state index contributed by atoms with van der Waals surface area (Å²) in [6, 6.07) is 0. The third kappa shape index (κ3) is 11.5. The molecule has 0 bridgehead atoms. The molecule has 0 aromatic rings. The van der Waals surface area contributed by atoms with E-state index >= 15 is 0 Å². The van der Waals surface area contributed by atoms with Crippen LogP contribution in [0.1, 0.15) is 89.9 Å². The van der Waals surface area contributed by atoms with Crippen molar-refractivity contribution in [3.63, 3.8) is 0 Å². The van der Waals surface area contributed by atoms with Crippen LogP contribution in [0.3, 0.4) is 0 Å². The third-order valence-electron chi connectivity index (χ3n) is 4.53. The fraction of sp³-hybridized carbons (Fsp3) is 0.636. The normalized spacial score (nSPS) is 14.2. The van der Waals surface area contributed by atoms with Crippen molar-refractivity contribution in [1.29, 1.82) is 0 Å². The van der Waals surface area contributed by atoms with Gasteiger partial charge in [-0.3, -0.25) is 0 Å². The predicted octanol–water partition coefficient (Wildman–Crippen LogP) is 6.20. The highest BCUT2D eigenvalue weighted by Gasteiger charge is 2.20. The first kappa shape index (κ1) is 21.4. The van der Waals surface area contributed by atoms with Crippen LogP contribution < -0.4 is 0 Å². The Labute approximate surface area is 153 Å². The maximum atomic E-state index is 11.2. The summed E-state index contributed by atoms with van der Waals surface area (Å²) in [5.74, 6) is -1.09. The van der Waals surface area contributed by atoms with Crippen molar-refractivity contribution in [2.24, 2.45) is 0 Å². The van der Waals surface area contributed by atoms with Crippen molar-refractivity contribution in [3.05, 3.63) is 36.5 Å². The van der Waals surface area contributed by atoms with Crippen molar-refractivity contribution >= 4 is 11.9 Å². The highest BCUT2D eigenvalue weighted by molar-refractivity contribution is 6.10. The molecule has 0 radical (unpaired) electrons. The first-order chi connectivity index (χ1) is 12.2. The van der Waals surface area contributed by atoms with Gasteiger partial charge < -0.3 is 4.74 Å². The van der Waals surface area contributed by atoms with Crippen LogP contribution in [0.15, 0.2) is 36.5 Å². The molecule has 0 amide bonds. The lowest BCUT2D eigenvalue weighted by Crippen LogP contribution is -2.00. The van der Waals surface area contributed by atoms with E-state index in [1.807, 2.05) is 12.2 Å². The minimum absolute atomic E-state index is 0.366. The van der Waals surface area contributed by atoms with Crippen molar-refractivity contribution < 1.29 is 14.3 Å². The van der Waals surface area contributed by atoms with E-state index in [0.29, 0.717) is 5.57 Å². The molecule has 0 unspecified atom stereocenters. The Morgan fingerprint density at radius 2 is 1.24 bits per heavy atom. The molecule has 0 spiro atoms. The number of carbonyl (C=O) groups excluding carboxylic acids is 2. The number of ether oxygens (including phenoxy) is 1. The minimum atomic E-state index is -0.558. The van der Waals surface area contributed by atoms with Crippen LogP contribution in [0.4, 0.5) is 0 Å². The Hall–Kier alpha value is -1.64. The molecule has 0 aliphatic carbocycles. The number of unbranched alkanes of at least 4 members (excludes halogenated alkanes) is 13. The number of allylic oxidation sites excluding steroid dienone is 2. The van der Waals surface area contributed by atoms with Gasteiger partial charge in [0.2, 0.25) is 0 Å². The van der Waals surface area contributed by atoms with Crippen LogP contribution >= 0.6 is 0 Å². The molecular formula is C22H34O3. The second-order valence-corrected chi connectivity index (χ2v) is 6.82. The fourth-order valence-corrected chi connectivity index (χ4v) is 3.01. The Morgan fingerprint density at radius 3 is 1.68 bits per heavy atom. The van der Waals surface area contributed by atoms with Gasteiger partial charge in [0.15, 0.2) is 0 Å². The lowest BCUT2D eigenvalue weighted by atomic mass is 10.0. The van der Waals surface area contributed by atoms with Crippen LogP contribution in [-0.4, -0.2) is 11.9 Å². The maximum Gasteiger partial charge on any atom is 0.346 e. The molecule has 0 fully saturated rings. The summed E-state index contributed by atoms with van der Waals surface area (Å²) in [5.41, 5.74) is 0.366. The zero-order chi connectivity index (χ0) is 18.2. The lowest BCUT2D eigenvalue weighted by Gasteiger charge is -2.02. The summed E-state index contributed by atoms with van der Waals surface area (Å²) >= 11 is 0. The molecule has 1 aliphatic rings. The number of esters is 2. The van der Waals surface area contributed by atoms with Crippen molar-refractivity contribution in [1.82, 2.24) is 0 Å². The van der Waals surface area contributed by atoms with Crippen molar-refractivity contribution in [2.45, 2.75) is 89.9 Å². The highest BCUT2D eigenvalue weighted by atomic mass is 16.6. The zero-order valence-corrected chi connectivity index (χ0v) is 15.6. The molecule has 0 N–H and O–H groups in total. The molecule has 3 heteroatoms. The van der Waals surface area contributed by atoms with Gasteiger partial charge in [0.25, 0.3) is 0 Å². The summed E-state index contributed by atoms with van der Waals surface area (Å²) in [5, 5.41) is 0. The van der Waals surface area contributed by atoms with E-state index in [2.05, 4.69) is 11.3 Å². The molecule has 1 aliphatic heterocycles. The molecule has 1 heterocycles. The lowest BCUT2D eigenvalue weighted by molar-refractivity contribution is -0.150. The SMILES string of the molecule is C=CCCCCCCCCCCCCCCC=CC1=CC(=O)OC1=O. The number of hydrogen-bond donors (Lipinski definition) is 0. The van der Waals surface area contributed by atoms with E-state index < -0.39 is 11.9 Å². The van der Waals surface area contributed by atoms with Gasteiger partial charge in [0.1, 0.15) is 0 Å². The van der Waals surface area contributed by atoms with E-state index in [4.69, 9.17) is 0 Å². The smallest absolute Gasteiger partial charge is 0.346 e. The number of rotatable bonds is 16. The average molecular weight is 347 g/mol. The van der Waals surface area contributed by atoms with Gasteiger partial charge in [0.05, 0.1) is 5.57 Å². The Morgan fingerprint density at radius 1 is 0.760 bits per heavy atom. The van der Waals surface area contributed by atoms with Crippen molar-refractivity contribution in [2.75, 3.05) is 0 Å². The predicted molar refractivity (Wildman–Crippen MR) is 103 cm³/mol. The summed E-state index contributed by atoms with van der Waals surface area (Å²) in [7, 11) is 0. The van der Waals surface area contributed by atoms with Crippen LogP contribution in [0, 0.1) is 0 Å². The van der Waals surface area contributed by atoms with Gasteiger partial charge in [-0.25, -0.2) is 9.59 Å². The minimum Gasteiger partial charge on any atom is -0.386 e. The van der Waals surface area contributed by atoms with E-state index in [0.717, 1.165) is 12.8 Å². The van der Waals surface area contributed by atoms with Crippen LogP contribution in [-0.2, 0) is 14.3 Å². The van der Waals surface area contributed by atoms with Gasteiger partial charge >= 0.3 is 11.9 Å². The molecule has 25 heavy (non-hydrogen) atoms. The standard InChI is InChI=1S/C22H34O3/c1-2-3-4-5-6-7-8-9-10-11-12-13-14-15-16-17-18-20-19-21(23)25-22(20)24/h2,17-19H,1,3-16H2. The molecule has 1 rings (SSSR count). The van der Waals surface area contributed by atoms with Crippen LogP contribution in [0.5, 0.6) is 0 Å². The van der Waals surface area contributed by atoms with E-state index in [9.17, 15) is 9.59 Å².